The van der Waals surface area contributed by atoms with Gasteiger partial charge in [0.05, 0.1) is 0 Å². The van der Waals surface area contributed by atoms with Gasteiger partial charge in [-0.2, -0.15) is 0 Å². The fourth-order valence-corrected chi connectivity index (χ4v) is 3.79. The summed E-state index contributed by atoms with van der Waals surface area (Å²) in [4.78, 5) is 12.7. The predicted octanol–water partition coefficient (Wildman–Crippen LogP) is 5.26. The average molecular weight is 309 g/mol. The quantitative estimate of drug-likeness (QED) is 0.742. The molecule has 2 aliphatic carbocycles. The lowest BCUT2D eigenvalue weighted by Crippen LogP contribution is -2.16. The molecular weight excluding hydrogens is 282 g/mol. The van der Waals surface area contributed by atoms with E-state index in [9.17, 15) is 4.79 Å². The molecule has 122 valence electrons. The Morgan fingerprint density at radius 2 is 1.48 bits per heavy atom. The third kappa shape index (κ3) is 4.13. The van der Waals surface area contributed by atoms with Gasteiger partial charge >= 0.3 is 0 Å². The maximum atomic E-state index is 12.7. The van der Waals surface area contributed by atoms with Crippen LogP contribution in [0.1, 0.15) is 44.1 Å². The average Bonchev–Trinajstić information content (AvgIpc) is 3.22. The van der Waals surface area contributed by atoms with Crippen LogP contribution in [0, 0.1) is 24.7 Å². The zero-order chi connectivity index (χ0) is 16.1. The van der Waals surface area contributed by atoms with E-state index in [4.69, 9.17) is 0 Å². The molecule has 0 radical (unpaired) electrons. The Hall–Kier alpha value is -1.83. The highest BCUT2D eigenvalue weighted by molar-refractivity contribution is 5.95. The van der Waals surface area contributed by atoms with E-state index < -0.39 is 0 Å². The van der Waals surface area contributed by atoms with Crippen LogP contribution in [0.25, 0.3) is 0 Å². The molecule has 2 heteroatoms. The number of hydrogen-bond donors (Lipinski definition) is 1. The van der Waals surface area contributed by atoms with Crippen molar-refractivity contribution in [2.24, 2.45) is 17.8 Å². The SMILES string of the molecule is Cc1ccccc1NC(=O)C1[C@@H]2CC/C=C\CC/C=C/CC[C@@H]12. The molecule has 1 aromatic carbocycles. The molecule has 0 saturated heterocycles. The summed E-state index contributed by atoms with van der Waals surface area (Å²) in [6.07, 6.45) is 16.0. The lowest BCUT2D eigenvalue weighted by Gasteiger charge is -2.08. The van der Waals surface area contributed by atoms with Gasteiger partial charge in [-0.3, -0.25) is 4.79 Å². The molecule has 23 heavy (non-hydrogen) atoms. The summed E-state index contributed by atoms with van der Waals surface area (Å²) in [5.74, 6) is 1.56. The van der Waals surface area contributed by atoms with Gasteiger partial charge in [0, 0.05) is 11.6 Å². The van der Waals surface area contributed by atoms with Crippen molar-refractivity contribution in [3.63, 3.8) is 0 Å². The zero-order valence-corrected chi connectivity index (χ0v) is 14.0. The number of fused-ring (bicyclic) bond motifs is 1. The first-order valence-electron chi connectivity index (χ1n) is 8.94. The Balaban J connectivity index is 1.63. The lowest BCUT2D eigenvalue weighted by molar-refractivity contribution is -0.117. The van der Waals surface area contributed by atoms with Gasteiger partial charge in [-0.05, 0) is 68.9 Å². The van der Waals surface area contributed by atoms with Crippen LogP contribution in [-0.4, -0.2) is 5.91 Å². The van der Waals surface area contributed by atoms with E-state index >= 15 is 0 Å². The Morgan fingerprint density at radius 3 is 2.09 bits per heavy atom. The summed E-state index contributed by atoms with van der Waals surface area (Å²) in [6, 6.07) is 8.03. The molecule has 1 N–H and O–H groups in total. The highest BCUT2D eigenvalue weighted by Gasteiger charge is 2.52. The van der Waals surface area contributed by atoms with E-state index in [0.717, 1.165) is 49.8 Å². The van der Waals surface area contributed by atoms with Gasteiger partial charge < -0.3 is 5.32 Å². The van der Waals surface area contributed by atoms with Crippen molar-refractivity contribution in [1.82, 2.24) is 0 Å². The van der Waals surface area contributed by atoms with Crippen LogP contribution < -0.4 is 5.32 Å². The Kier molecular flexibility index (Phi) is 5.32. The molecule has 1 saturated carbocycles. The molecule has 0 aliphatic heterocycles. The van der Waals surface area contributed by atoms with Crippen molar-refractivity contribution in [2.75, 3.05) is 5.32 Å². The Bertz CT molecular complexity index is 578. The van der Waals surface area contributed by atoms with Crippen molar-refractivity contribution >= 4 is 11.6 Å². The summed E-state index contributed by atoms with van der Waals surface area (Å²) in [5, 5.41) is 3.15. The molecule has 0 heterocycles. The van der Waals surface area contributed by atoms with Crippen LogP contribution in [-0.2, 0) is 4.79 Å². The standard InChI is InChI=1S/C21H27NO/c1-16-12-10-11-15-19(16)22-21(23)20-17-13-8-6-4-2-3-5-7-9-14-18(17)20/h4-7,10-12,15,17-18,20H,2-3,8-9,13-14H2,1H3,(H,22,23)/b6-4-,7-5+/t17-,18-,20?/m1/s1. The number of para-hydroxylation sites is 1. The minimum atomic E-state index is 0.206. The van der Waals surface area contributed by atoms with Crippen LogP contribution in [0.4, 0.5) is 5.69 Å². The van der Waals surface area contributed by atoms with Gasteiger partial charge in [-0.1, -0.05) is 42.5 Å². The summed E-state index contributed by atoms with van der Waals surface area (Å²) in [5.41, 5.74) is 2.09. The number of benzene rings is 1. The van der Waals surface area contributed by atoms with Crippen molar-refractivity contribution in [3.8, 4) is 0 Å². The third-order valence-corrected chi connectivity index (χ3v) is 5.20. The zero-order valence-electron chi connectivity index (χ0n) is 14.0. The Morgan fingerprint density at radius 1 is 0.913 bits per heavy atom. The lowest BCUT2D eigenvalue weighted by atomic mass is 10.1. The van der Waals surface area contributed by atoms with E-state index in [0.29, 0.717) is 11.8 Å². The predicted molar refractivity (Wildman–Crippen MR) is 96.3 cm³/mol. The van der Waals surface area contributed by atoms with Crippen LogP contribution in [0.3, 0.4) is 0 Å². The summed E-state index contributed by atoms with van der Waals surface area (Å²) < 4.78 is 0. The van der Waals surface area contributed by atoms with Crippen molar-refractivity contribution < 1.29 is 4.79 Å². The van der Waals surface area contributed by atoms with Gasteiger partial charge in [-0.15, -0.1) is 0 Å². The highest BCUT2D eigenvalue weighted by atomic mass is 16.2. The molecular formula is C21H27NO. The molecule has 0 bridgehead atoms. The number of hydrogen-bond acceptors (Lipinski definition) is 1. The highest BCUT2D eigenvalue weighted by Crippen LogP contribution is 2.52. The molecule has 1 aromatic rings. The second-order valence-corrected chi connectivity index (χ2v) is 6.83. The number of nitrogens with one attached hydrogen (secondary N) is 1. The van der Waals surface area contributed by atoms with Gasteiger partial charge in [0.1, 0.15) is 0 Å². The second kappa shape index (κ2) is 7.63. The normalized spacial score (nSPS) is 30.2. The first-order valence-corrected chi connectivity index (χ1v) is 8.94. The third-order valence-electron chi connectivity index (χ3n) is 5.20. The molecule has 3 rings (SSSR count). The van der Waals surface area contributed by atoms with Crippen molar-refractivity contribution in [2.45, 2.75) is 45.4 Å². The number of rotatable bonds is 2. The van der Waals surface area contributed by atoms with E-state index in [1.165, 1.54) is 0 Å². The minimum absolute atomic E-state index is 0.206. The van der Waals surface area contributed by atoms with Crippen LogP contribution in [0.15, 0.2) is 48.6 Å². The number of carbonyl (C=O) groups is 1. The van der Waals surface area contributed by atoms with Crippen LogP contribution >= 0.6 is 0 Å². The molecule has 0 aromatic heterocycles. The number of allylic oxidation sites excluding steroid dienone is 4. The molecule has 0 spiro atoms. The number of amides is 1. The number of carbonyl (C=O) groups excluding carboxylic acids is 1. The molecule has 2 nitrogen and oxygen atoms in total. The largest absolute Gasteiger partial charge is 0.326 e. The summed E-state index contributed by atoms with van der Waals surface area (Å²) >= 11 is 0. The van der Waals surface area contributed by atoms with E-state index in [1.54, 1.807) is 0 Å². The van der Waals surface area contributed by atoms with Crippen molar-refractivity contribution in [3.05, 3.63) is 54.1 Å². The Labute approximate surface area is 139 Å². The fraction of sp³-hybridized carbons (Fsp3) is 0.476. The second-order valence-electron chi connectivity index (χ2n) is 6.83. The smallest absolute Gasteiger partial charge is 0.228 e. The first-order chi connectivity index (χ1) is 11.3. The van der Waals surface area contributed by atoms with E-state index in [-0.39, 0.29) is 11.8 Å². The maximum Gasteiger partial charge on any atom is 0.228 e. The summed E-state index contributed by atoms with van der Waals surface area (Å²) in [6.45, 7) is 2.04. The van der Waals surface area contributed by atoms with E-state index in [1.807, 2.05) is 31.2 Å². The molecule has 1 amide bonds. The summed E-state index contributed by atoms with van der Waals surface area (Å²) in [7, 11) is 0. The molecule has 1 unspecified atom stereocenters. The van der Waals surface area contributed by atoms with Crippen LogP contribution in [0.2, 0.25) is 0 Å². The topological polar surface area (TPSA) is 29.1 Å². The fourth-order valence-electron chi connectivity index (χ4n) is 3.79. The first kappa shape index (κ1) is 16.0. The molecule has 1 fully saturated rings. The molecule has 3 atom stereocenters. The van der Waals surface area contributed by atoms with Crippen LogP contribution in [0.5, 0.6) is 0 Å². The van der Waals surface area contributed by atoms with E-state index in [2.05, 4.69) is 29.6 Å². The number of anilines is 1. The van der Waals surface area contributed by atoms with Gasteiger partial charge in [0.2, 0.25) is 5.91 Å². The van der Waals surface area contributed by atoms with Gasteiger partial charge in [0.15, 0.2) is 0 Å². The van der Waals surface area contributed by atoms with Crippen molar-refractivity contribution in [1.29, 1.82) is 0 Å². The maximum absolute atomic E-state index is 12.7. The van der Waals surface area contributed by atoms with Gasteiger partial charge in [0.25, 0.3) is 0 Å². The number of aryl methyl sites for hydroxylation is 1. The molecule has 2 aliphatic rings. The monoisotopic (exact) mass is 309 g/mol. The van der Waals surface area contributed by atoms with Gasteiger partial charge in [-0.25, -0.2) is 0 Å². The minimum Gasteiger partial charge on any atom is -0.326 e.